The van der Waals surface area contributed by atoms with Crippen molar-refractivity contribution >= 4 is 29.4 Å². The smallest absolute Gasteiger partial charge is 0.216 e. The van der Waals surface area contributed by atoms with Gasteiger partial charge in [-0.25, -0.2) is 0 Å². The number of carbonyl (C=O) groups is 1. The lowest BCUT2D eigenvalue weighted by atomic mass is 10.0. The molecule has 0 aliphatic rings. The van der Waals surface area contributed by atoms with Gasteiger partial charge in [-0.15, -0.1) is 23.5 Å². The van der Waals surface area contributed by atoms with E-state index in [0.29, 0.717) is 0 Å². The summed E-state index contributed by atoms with van der Waals surface area (Å²) in [7, 11) is 0. The molecule has 120 valence electrons. The summed E-state index contributed by atoms with van der Waals surface area (Å²) in [6.07, 6.45) is -5.48. The summed E-state index contributed by atoms with van der Waals surface area (Å²) in [5.41, 5.74) is 0. The molecule has 0 spiro atoms. The van der Waals surface area contributed by atoms with Crippen LogP contribution < -0.4 is 5.32 Å². The Labute approximate surface area is 128 Å². The van der Waals surface area contributed by atoms with Gasteiger partial charge in [0, 0.05) is 13.5 Å². The summed E-state index contributed by atoms with van der Waals surface area (Å²) >= 11 is 2.95. The van der Waals surface area contributed by atoms with Crippen LogP contribution in [0, 0.1) is 0 Å². The predicted octanol–water partition coefficient (Wildman–Crippen LogP) is -0.602. The van der Waals surface area contributed by atoms with Gasteiger partial charge in [-0.2, -0.15) is 0 Å². The van der Waals surface area contributed by atoms with E-state index in [2.05, 4.69) is 5.32 Å². The first kappa shape index (κ1) is 20.0. The second kappa shape index (κ2) is 10.7. The van der Waals surface area contributed by atoms with E-state index in [4.69, 9.17) is 0 Å². The van der Waals surface area contributed by atoms with Gasteiger partial charge in [0.25, 0.3) is 0 Å². The second-order valence-electron chi connectivity index (χ2n) is 4.26. The standard InChI is InChI=1S/C12H25NO5S2/c1-4-19-12(20-5-2)11(18)10(17)9(16)8(15)6-13-7(3)14/h8-12,15-18H,4-6H2,1-3H3,(H,13,14)/t8-,9-,10+,11-/m1/s1. The molecular formula is C12H25NO5S2. The van der Waals surface area contributed by atoms with E-state index in [1.165, 1.54) is 30.4 Å². The molecule has 0 aromatic heterocycles. The highest BCUT2D eigenvalue weighted by atomic mass is 32.2. The average Bonchev–Trinajstić information content (AvgIpc) is 2.41. The van der Waals surface area contributed by atoms with Gasteiger partial charge in [0.15, 0.2) is 0 Å². The molecular weight excluding hydrogens is 302 g/mol. The van der Waals surface area contributed by atoms with Gasteiger partial charge in [-0.1, -0.05) is 13.8 Å². The number of carbonyl (C=O) groups excluding carboxylic acids is 1. The normalized spacial score (nSPS) is 17.6. The number of rotatable bonds is 10. The lowest BCUT2D eigenvalue weighted by Gasteiger charge is -2.30. The summed E-state index contributed by atoms with van der Waals surface area (Å²) < 4.78 is -0.275. The molecule has 6 nitrogen and oxygen atoms in total. The molecule has 4 atom stereocenters. The maximum absolute atomic E-state index is 10.7. The third-order valence-electron chi connectivity index (χ3n) is 2.59. The largest absolute Gasteiger partial charge is 0.388 e. The fourth-order valence-corrected chi connectivity index (χ4v) is 4.11. The van der Waals surface area contributed by atoms with Gasteiger partial charge in [-0.05, 0) is 11.5 Å². The Morgan fingerprint density at radius 2 is 1.50 bits per heavy atom. The van der Waals surface area contributed by atoms with Crippen molar-refractivity contribution in [3.8, 4) is 0 Å². The summed E-state index contributed by atoms with van der Waals surface area (Å²) in [6, 6.07) is 0. The van der Waals surface area contributed by atoms with Gasteiger partial charge in [0.2, 0.25) is 5.91 Å². The van der Waals surface area contributed by atoms with E-state index >= 15 is 0 Å². The van der Waals surface area contributed by atoms with E-state index in [1.54, 1.807) is 0 Å². The van der Waals surface area contributed by atoms with Crippen LogP contribution in [0.3, 0.4) is 0 Å². The van der Waals surface area contributed by atoms with Crippen LogP contribution in [0.5, 0.6) is 0 Å². The van der Waals surface area contributed by atoms with Crippen molar-refractivity contribution < 1.29 is 25.2 Å². The Bertz CT molecular complexity index is 277. The van der Waals surface area contributed by atoms with E-state index in [-0.39, 0.29) is 17.0 Å². The number of thioether (sulfide) groups is 2. The van der Waals surface area contributed by atoms with Gasteiger partial charge < -0.3 is 25.7 Å². The third kappa shape index (κ3) is 7.14. The SMILES string of the molecule is CCSC(SCC)[C@H](O)[C@@H](O)[C@H](O)[C@H](O)CNC(C)=O. The zero-order chi connectivity index (χ0) is 15.7. The van der Waals surface area contributed by atoms with E-state index < -0.39 is 24.4 Å². The van der Waals surface area contributed by atoms with E-state index in [1.807, 2.05) is 13.8 Å². The van der Waals surface area contributed by atoms with Crippen LogP contribution in [0.15, 0.2) is 0 Å². The monoisotopic (exact) mass is 327 g/mol. The molecule has 0 aliphatic heterocycles. The highest BCUT2D eigenvalue weighted by Crippen LogP contribution is 2.29. The molecule has 0 bridgehead atoms. The van der Waals surface area contributed by atoms with Crippen molar-refractivity contribution in [3.05, 3.63) is 0 Å². The molecule has 8 heteroatoms. The molecule has 0 saturated carbocycles. The number of aliphatic hydroxyl groups excluding tert-OH is 4. The van der Waals surface area contributed by atoms with Gasteiger partial charge in [0.05, 0.1) is 10.7 Å². The molecule has 0 aromatic carbocycles. The molecule has 20 heavy (non-hydrogen) atoms. The van der Waals surface area contributed by atoms with Crippen molar-refractivity contribution in [2.75, 3.05) is 18.1 Å². The molecule has 5 N–H and O–H groups in total. The summed E-state index contributed by atoms with van der Waals surface area (Å²) in [5, 5.41) is 41.9. The molecule has 0 rings (SSSR count). The molecule has 0 unspecified atom stereocenters. The second-order valence-corrected chi connectivity index (χ2v) is 7.39. The summed E-state index contributed by atoms with van der Waals surface area (Å²) in [4.78, 5) is 10.7. The van der Waals surface area contributed by atoms with Crippen molar-refractivity contribution in [2.24, 2.45) is 0 Å². The molecule has 0 fully saturated rings. The molecule has 0 aliphatic carbocycles. The quantitative estimate of drug-likeness (QED) is 0.341. The average molecular weight is 327 g/mol. The summed E-state index contributed by atoms with van der Waals surface area (Å²) in [5.74, 6) is 1.20. The predicted molar refractivity (Wildman–Crippen MR) is 82.8 cm³/mol. The fraction of sp³-hybridized carbons (Fsp3) is 0.917. The maximum atomic E-state index is 10.7. The zero-order valence-electron chi connectivity index (χ0n) is 12.0. The third-order valence-corrected chi connectivity index (χ3v) is 5.29. The highest BCUT2D eigenvalue weighted by Gasteiger charge is 2.35. The minimum atomic E-state index is -1.52. The Morgan fingerprint density at radius 1 is 1.00 bits per heavy atom. The van der Waals surface area contributed by atoms with Crippen molar-refractivity contribution in [1.82, 2.24) is 5.32 Å². The van der Waals surface area contributed by atoms with E-state index in [0.717, 1.165) is 11.5 Å². The first-order valence-corrected chi connectivity index (χ1v) is 8.64. The van der Waals surface area contributed by atoms with Crippen molar-refractivity contribution in [3.63, 3.8) is 0 Å². The molecule has 1 amide bonds. The first-order valence-electron chi connectivity index (χ1n) is 6.55. The van der Waals surface area contributed by atoms with Gasteiger partial charge in [0.1, 0.15) is 18.3 Å². The molecule has 0 aromatic rings. The Hall–Kier alpha value is 0.01000. The van der Waals surface area contributed by atoms with Crippen LogP contribution in [-0.2, 0) is 4.79 Å². The Kier molecular flexibility index (Phi) is 10.7. The lowest BCUT2D eigenvalue weighted by Crippen LogP contribution is -2.50. The lowest BCUT2D eigenvalue weighted by molar-refractivity contribution is -0.122. The Morgan fingerprint density at radius 3 is 1.90 bits per heavy atom. The van der Waals surface area contributed by atoms with Gasteiger partial charge in [-0.3, -0.25) is 4.79 Å². The maximum Gasteiger partial charge on any atom is 0.216 e. The van der Waals surface area contributed by atoms with Crippen LogP contribution in [0.2, 0.25) is 0 Å². The number of hydrogen-bond donors (Lipinski definition) is 5. The van der Waals surface area contributed by atoms with Gasteiger partial charge >= 0.3 is 0 Å². The first-order chi connectivity index (χ1) is 9.34. The summed E-state index contributed by atoms with van der Waals surface area (Å²) in [6.45, 7) is 4.99. The van der Waals surface area contributed by atoms with Crippen LogP contribution in [-0.4, -0.2) is 73.4 Å². The van der Waals surface area contributed by atoms with E-state index in [9.17, 15) is 25.2 Å². The fourth-order valence-electron chi connectivity index (χ4n) is 1.53. The van der Waals surface area contributed by atoms with Crippen LogP contribution in [0.25, 0.3) is 0 Å². The number of hydrogen-bond acceptors (Lipinski definition) is 7. The topological polar surface area (TPSA) is 110 Å². The molecule has 0 saturated heterocycles. The number of aliphatic hydroxyl groups is 4. The van der Waals surface area contributed by atoms with Crippen LogP contribution >= 0.6 is 23.5 Å². The minimum absolute atomic E-state index is 0.174. The minimum Gasteiger partial charge on any atom is -0.388 e. The highest BCUT2D eigenvalue weighted by molar-refractivity contribution is 8.17. The van der Waals surface area contributed by atoms with Crippen LogP contribution in [0.4, 0.5) is 0 Å². The molecule has 0 heterocycles. The Balaban J connectivity index is 4.50. The number of nitrogens with one attached hydrogen (secondary N) is 1. The number of amides is 1. The van der Waals surface area contributed by atoms with Crippen molar-refractivity contribution in [2.45, 2.75) is 49.8 Å². The molecule has 0 radical (unpaired) electrons. The van der Waals surface area contributed by atoms with Crippen molar-refractivity contribution in [1.29, 1.82) is 0 Å². The zero-order valence-corrected chi connectivity index (χ0v) is 13.7. The van der Waals surface area contributed by atoms with Crippen LogP contribution in [0.1, 0.15) is 20.8 Å².